The maximum Gasteiger partial charge on any atom is 0.227 e. The van der Waals surface area contributed by atoms with Gasteiger partial charge in [-0.2, -0.15) is 4.98 Å². The summed E-state index contributed by atoms with van der Waals surface area (Å²) in [7, 11) is 1.59. The van der Waals surface area contributed by atoms with E-state index in [0.29, 0.717) is 36.2 Å². The number of nitrogens with zero attached hydrogens (tertiary/aromatic N) is 2. The smallest absolute Gasteiger partial charge is 0.227 e. The molecule has 1 N–H and O–H groups in total. The highest BCUT2D eigenvalue weighted by Gasteiger charge is 2.14. The van der Waals surface area contributed by atoms with E-state index in [-0.39, 0.29) is 12.3 Å². The van der Waals surface area contributed by atoms with Crippen molar-refractivity contribution in [2.75, 3.05) is 12.4 Å². The van der Waals surface area contributed by atoms with Gasteiger partial charge in [-0.3, -0.25) is 4.79 Å². The number of hydrogen-bond donors (Lipinski definition) is 1. The van der Waals surface area contributed by atoms with Crippen molar-refractivity contribution in [1.82, 2.24) is 10.1 Å². The van der Waals surface area contributed by atoms with Gasteiger partial charge in [0.15, 0.2) is 11.5 Å². The third kappa shape index (κ3) is 5.81. The van der Waals surface area contributed by atoms with Crippen LogP contribution in [0.15, 0.2) is 71.3 Å². The van der Waals surface area contributed by atoms with Crippen LogP contribution in [0.25, 0.3) is 11.4 Å². The van der Waals surface area contributed by atoms with Gasteiger partial charge in [0.2, 0.25) is 17.6 Å². The van der Waals surface area contributed by atoms with Crippen molar-refractivity contribution in [1.29, 1.82) is 0 Å². The molecule has 0 saturated carbocycles. The third-order valence-corrected chi connectivity index (χ3v) is 5.35. The number of aryl methyl sites for hydroxylation is 3. The summed E-state index contributed by atoms with van der Waals surface area (Å²) >= 11 is 0. The minimum atomic E-state index is -0.103. The van der Waals surface area contributed by atoms with Crippen LogP contribution in [-0.2, 0) is 17.8 Å². The molecule has 1 heterocycles. The number of rotatable bonds is 9. The average Bonchev–Trinajstić information content (AvgIpc) is 3.33. The molecule has 0 fully saturated rings. The molecule has 174 valence electrons. The molecule has 0 aliphatic carbocycles. The highest BCUT2D eigenvalue weighted by molar-refractivity contribution is 5.91. The molecule has 0 bridgehead atoms. The van der Waals surface area contributed by atoms with Gasteiger partial charge in [0.1, 0.15) is 6.61 Å². The number of nitrogens with one attached hydrogen (secondary N) is 1. The fraction of sp³-hybridized carbons (Fsp3) is 0.222. The lowest BCUT2D eigenvalue weighted by Crippen LogP contribution is -2.13. The molecule has 0 aliphatic rings. The second-order valence-corrected chi connectivity index (χ2v) is 8.02. The Kier molecular flexibility index (Phi) is 7.22. The molecule has 4 rings (SSSR count). The SMILES string of the molecule is COc1cc(-c2noc(CCC(=O)Nc3ccc(C)cc3C)n2)ccc1OCc1ccccc1. The number of hydrogen-bond acceptors (Lipinski definition) is 6. The van der Waals surface area contributed by atoms with Crippen LogP contribution in [0.5, 0.6) is 11.5 Å². The van der Waals surface area contributed by atoms with E-state index in [1.807, 2.05) is 80.6 Å². The van der Waals surface area contributed by atoms with Crippen molar-refractivity contribution >= 4 is 11.6 Å². The Morgan fingerprint density at radius 1 is 1.00 bits per heavy atom. The van der Waals surface area contributed by atoms with Gasteiger partial charge >= 0.3 is 0 Å². The lowest BCUT2D eigenvalue weighted by Gasteiger charge is -2.11. The molecule has 0 atom stereocenters. The number of methoxy groups -OCH3 is 1. The zero-order valence-corrected chi connectivity index (χ0v) is 19.5. The Morgan fingerprint density at radius 3 is 2.59 bits per heavy atom. The monoisotopic (exact) mass is 457 g/mol. The van der Waals surface area contributed by atoms with Gasteiger partial charge in [0.05, 0.1) is 7.11 Å². The average molecular weight is 458 g/mol. The van der Waals surface area contributed by atoms with E-state index >= 15 is 0 Å². The summed E-state index contributed by atoms with van der Waals surface area (Å²) in [5.74, 6) is 1.93. The molecule has 0 aliphatic heterocycles. The number of amides is 1. The number of carbonyl (C=O) groups is 1. The first-order valence-corrected chi connectivity index (χ1v) is 11.1. The molecule has 4 aromatic rings. The Morgan fingerprint density at radius 2 is 1.82 bits per heavy atom. The summed E-state index contributed by atoms with van der Waals surface area (Å²) in [6, 6.07) is 21.3. The molecule has 0 saturated heterocycles. The maximum absolute atomic E-state index is 12.4. The van der Waals surface area contributed by atoms with Gasteiger partial charge in [-0.05, 0) is 49.2 Å². The van der Waals surface area contributed by atoms with Crippen molar-refractivity contribution < 1.29 is 18.8 Å². The van der Waals surface area contributed by atoms with Crippen LogP contribution in [0.2, 0.25) is 0 Å². The Balaban J connectivity index is 1.36. The van der Waals surface area contributed by atoms with E-state index in [1.54, 1.807) is 7.11 Å². The molecule has 3 aromatic carbocycles. The second kappa shape index (κ2) is 10.7. The zero-order chi connectivity index (χ0) is 23.9. The van der Waals surface area contributed by atoms with E-state index < -0.39 is 0 Å². The Labute approximate surface area is 198 Å². The van der Waals surface area contributed by atoms with Crippen molar-refractivity contribution in [3.63, 3.8) is 0 Å². The number of ether oxygens (including phenoxy) is 2. The van der Waals surface area contributed by atoms with Gasteiger partial charge in [0.25, 0.3) is 0 Å². The van der Waals surface area contributed by atoms with E-state index in [4.69, 9.17) is 14.0 Å². The number of anilines is 1. The van der Waals surface area contributed by atoms with E-state index in [1.165, 1.54) is 0 Å². The molecule has 7 heteroatoms. The first-order valence-electron chi connectivity index (χ1n) is 11.1. The predicted molar refractivity (Wildman–Crippen MR) is 130 cm³/mol. The zero-order valence-electron chi connectivity index (χ0n) is 19.5. The van der Waals surface area contributed by atoms with Gasteiger partial charge in [0, 0.05) is 24.1 Å². The van der Waals surface area contributed by atoms with Crippen molar-refractivity contribution in [3.8, 4) is 22.9 Å². The van der Waals surface area contributed by atoms with Crippen LogP contribution in [0.4, 0.5) is 5.69 Å². The normalized spacial score (nSPS) is 10.7. The van der Waals surface area contributed by atoms with Crippen LogP contribution in [0.3, 0.4) is 0 Å². The third-order valence-electron chi connectivity index (χ3n) is 5.35. The summed E-state index contributed by atoms with van der Waals surface area (Å²) in [5, 5.41) is 6.99. The van der Waals surface area contributed by atoms with Crippen LogP contribution in [-0.4, -0.2) is 23.2 Å². The van der Waals surface area contributed by atoms with Gasteiger partial charge in [-0.15, -0.1) is 0 Å². The summed E-state index contributed by atoms with van der Waals surface area (Å²) in [6.07, 6.45) is 0.587. The van der Waals surface area contributed by atoms with E-state index in [0.717, 1.165) is 27.9 Å². The standard InChI is InChI=1S/C27H27N3O4/c1-18-9-11-22(19(2)15-18)28-25(31)13-14-26-29-27(30-34-26)21-10-12-23(24(16-21)32-3)33-17-20-7-5-4-6-8-20/h4-12,15-16H,13-14,17H2,1-3H3,(H,28,31). The van der Waals surface area contributed by atoms with Crippen molar-refractivity contribution in [3.05, 3.63) is 89.3 Å². The largest absolute Gasteiger partial charge is 0.493 e. The van der Waals surface area contributed by atoms with Crippen molar-refractivity contribution in [2.45, 2.75) is 33.3 Å². The van der Waals surface area contributed by atoms with E-state index in [2.05, 4.69) is 15.5 Å². The van der Waals surface area contributed by atoms with Crippen LogP contribution in [0.1, 0.15) is 29.0 Å². The minimum Gasteiger partial charge on any atom is -0.493 e. The quantitative estimate of drug-likeness (QED) is 0.357. The van der Waals surface area contributed by atoms with Gasteiger partial charge < -0.3 is 19.3 Å². The number of aromatic nitrogens is 2. The molecule has 0 unspecified atom stereocenters. The Hall–Kier alpha value is -4.13. The summed E-state index contributed by atoms with van der Waals surface area (Å²) in [6.45, 7) is 4.43. The summed E-state index contributed by atoms with van der Waals surface area (Å²) < 4.78 is 16.8. The van der Waals surface area contributed by atoms with Crippen LogP contribution < -0.4 is 14.8 Å². The van der Waals surface area contributed by atoms with Gasteiger partial charge in [-0.25, -0.2) is 0 Å². The Bertz CT molecular complexity index is 1270. The summed E-state index contributed by atoms with van der Waals surface area (Å²) in [4.78, 5) is 16.8. The van der Waals surface area contributed by atoms with Crippen LogP contribution >= 0.6 is 0 Å². The molecule has 1 amide bonds. The van der Waals surface area contributed by atoms with Crippen LogP contribution in [0, 0.1) is 13.8 Å². The van der Waals surface area contributed by atoms with E-state index in [9.17, 15) is 4.79 Å². The lowest BCUT2D eigenvalue weighted by molar-refractivity contribution is -0.116. The first-order chi connectivity index (χ1) is 16.5. The number of carbonyl (C=O) groups excluding carboxylic acids is 1. The molecular weight excluding hydrogens is 430 g/mol. The van der Waals surface area contributed by atoms with Gasteiger partial charge in [-0.1, -0.05) is 53.2 Å². The number of benzene rings is 3. The topological polar surface area (TPSA) is 86.5 Å². The fourth-order valence-electron chi connectivity index (χ4n) is 3.52. The highest BCUT2D eigenvalue weighted by atomic mass is 16.5. The molecule has 34 heavy (non-hydrogen) atoms. The highest BCUT2D eigenvalue weighted by Crippen LogP contribution is 2.32. The fourth-order valence-corrected chi connectivity index (χ4v) is 3.52. The molecular formula is C27H27N3O4. The maximum atomic E-state index is 12.4. The predicted octanol–water partition coefficient (Wildman–Crippen LogP) is 5.51. The molecule has 0 radical (unpaired) electrons. The molecule has 0 spiro atoms. The lowest BCUT2D eigenvalue weighted by atomic mass is 10.1. The molecule has 7 nitrogen and oxygen atoms in total. The molecule has 1 aromatic heterocycles. The van der Waals surface area contributed by atoms with Crippen molar-refractivity contribution in [2.24, 2.45) is 0 Å². The first kappa shape index (κ1) is 23.0. The second-order valence-electron chi connectivity index (χ2n) is 8.02. The minimum absolute atomic E-state index is 0.103. The summed E-state index contributed by atoms with van der Waals surface area (Å²) in [5.41, 5.74) is 4.79.